The fourth-order valence-electron chi connectivity index (χ4n) is 3.33. The Hall–Kier alpha value is -2.86. The predicted molar refractivity (Wildman–Crippen MR) is 106 cm³/mol. The van der Waals surface area contributed by atoms with Crippen LogP contribution in [-0.2, 0) is 17.6 Å². The number of rotatable bonds is 6. The molecule has 1 aromatic heterocycles. The second kappa shape index (κ2) is 8.02. The molecule has 0 saturated carbocycles. The van der Waals surface area contributed by atoms with Crippen LogP contribution in [0.2, 0.25) is 5.02 Å². The van der Waals surface area contributed by atoms with Gasteiger partial charge in [0.1, 0.15) is 5.75 Å². The van der Waals surface area contributed by atoms with Crippen LogP contribution in [-0.4, -0.2) is 29.7 Å². The maximum atomic E-state index is 12.4. The number of aromatic nitrogens is 2. The first-order valence-electron chi connectivity index (χ1n) is 9.14. The van der Waals surface area contributed by atoms with Crippen LogP contribution in [0.5, 0.6) is 5.75 Å². The molecule has 0 N–H and O–H groups in total. The summed E-state index contributed by atoms with van der Waals surface area (Å²) < 4.78 is 10.6. The molecular weight excluding hydrogens is 378 g/mol. The molecule has 28 heavy (non-hydrogen) atoms. The minimum absolute atomic E-state index is 0.0527. The Morgan fingerprint density at radius 3 is 2.61 bits per heavy atom. The van der Waals surface area contributed by atoms with Crippen molar-refractivity contribution in [2.45, 2.75) is 25.2 Å². The Morgan fingerprint density at radius 2 is 1.89 bits per heavy atom. The molecule has 0 radical (unpaired) electrons. The molecule has 7 heteroatoms. The third kappa shape index (κ3) is 4.02. The van der Waals surface area contributed by atoms with Crippen LogP contribution in [0.3, 0.4) is 0 Å². The van der Waals surface area contributed by atoms with Crippen LogP contribution < -0.4 is 9.64 Å². The Labute approximate surface area is 168 Å². The first-order valence-corrected chi connectivity index (χ1v) is 9.51. The summed E-state index contributed by atoms with van der Waals surface area (Å²) >= 11 is 5.93. The van der Waals surface area contributed by atoms with Crippen molar-refractivity contribution in [2.75, 3.05) is 18.6 Å². The van der Waals surface area contributed by atoms with Gasteiger partial charge >= 0.3 is 0 Å². The van der Waals surface area contributed by atoms with Gasteiger partial charge in [0.05, 0.1) is 7.11 Å². The topological polar surface area (TPSA) is 68.5 Å². The molecule has 4 rings (SSSR count). The van der Waals surface area contributed by atoms with Crippen molar-refractivity contribution in [3.8, 4) is 5.75 Å². The largest absolute Gasteiger partial charge is 0.497 e. The molecule has 2 heterocycles. The summed E-state index contributed by atoms with van der Waals surface area (Å²) in [4.78, 5) is 18.7. The van der Waals surface area contributed by atoms with Crippen molar-refractivity contribution in [1.82, 2.24) is 10.1 Å². The van der Waals surface area contributed by atoms with Crippen LogP contribution in [0.4, 0.5) is 5.69 Å². The van der Waals surface area contributed by atoms with Gasteiger partial charge in [0.15, 0.2) is 5.82 Å². The highest BCUT2D eigenvalue weighted by molar-refractivity contribution is 6.30. The van der Waals surface area contributed by atoms with E-state index in [2.05, 4.69) is 10.1 Å². The summed E-state index contributed by atoms with van der Waals surface area (Å²) in [7, 11) is 1.65. The van der Waals surface area contributed by atoms with Crippen molar-refractivity contribution in [3.63, 3.8) is 0 Å². The van der Waals surface area contributed by atoms with E-state index in [9.17, 15) is 4.79 Å². The van der Waals surface area contributed by atoms with Gasteiger partial charge in [0.25, 0.3) is 0 Å². The molecule has 1 amide bonds. The lowest BCUT2D eigenvalue weighted by Gasteiger charge is -2.16. The zero-order valence-electron chi connectivity index (χ0n) is 15.5. The Kier molecular flexibility index (Phi) is 5.30. The number of hydrogen-bond acceptors (Lipinski definition) is 5. The summed E-state index contributed by atoms with van der Waals surface area (Å²) in [5.41, 5.74) is 2.01. The van der Waals surface area contributed by atoms with Gasteiger partial charge in [-0.15, -0.1) is 0 Å². The van der Waals surface area contributed by atoms with E-state index < -0.39 is 0 Å². The number of amides is 1. The number of halogens is 1. The molecule has 6 nitrogen and oxygen atoms in total. The van der Waals surface area contributed by atoms with E-state index in [1.165, 1.54) is 5.56 Å². The third-order valence-electron chi connectivity index (χ3n) is 4.90. The molecule has 1 aliphatic heterocycles. The number of nitrogens with zero attached hydrogens (tertiary/aromatic N) is 3. The number of anilines is 1. The fraction of sp³-hybridized carbons (Fsp3) is 0.286. The summed E-state index contributed by atoms with van der Waals surface area (Å²) in [6, 6.07) is 15.2. The van der Waals surface area contributed by atoms with E-state index in [0.717, 1.165) is 17.9 Å². The lowest BCUT2D eigenvalue weighted by molar-refractivity contribution is -0.117. The van der Waals surface area contributed by atoms with Crippen LogP contribution in [0.25, 0.3) is 0 Å². The van der Waals surface area contributed by atoms with E-state index in [1.54, 1.807) is 24.1 Å². The van der Waals surface area contributed by atoms with Crippen molar-refractivity contribution >= 4 is 23.2 Å². The summed E-state index contributed by atoms with van der Waals surface area (Å²) in [5.74, 6) is 2.00. The maximum absolute atomic E-state index is 12.4. The number of hydrogen-bond donors (Lipinski definition) is 0. The van der Waals surface area contributed by atoms with Crippen molar-refractivity contribution < 1.29 is 14.1 Å². The lowest BCUT2D eigenvalue weighted by Crippen LogP contribution is -2.24. The molecule has 0 unspecified atom stereocenters. The maximum Gasteiger partial charge on any atom is 0.227 e. The van der Waals surface area contributed by atoms with Gasteiger partial charge in [-0.05, 0) is 48.4 Å². The Balaban J connectivity index is 1.38. The van der Waals surface area contributed by atoms with Crippen LogP contribution in [0.15, 0.2) is 53.1 Å². The molecular formula is C21H20ClN3O3. The van der Waals surface area contributed by atoms with Crippen LogP contribution in [0.1, 0.15) is 29.6 Å². The number of benzene rings is 2. The zero-order valence-corrected chi connectivity index (χ0v) is 16.2. The second-order valence-electron chi connectivity index (χ2n) is 6.78. The minimum Gasteiger partial charge on any atom is -0.497 e. The molecule has 144 valence electrons. The summed E-state index contributed by atoms with van der Waals surface area (Å²) in [6.45, 7) is 0.540. The van der Waals surface area contributed by atoms with Gasteiger partial charge in [-0.2, -0.15) is 4.98 Å². The number of carbonyl (C=O) groups excluding carboxylic acids is 1. The molecule has 0 spiro atoms. The minimum atomic E-state index is -0.0679. The van der Waals surface area contributed by atoms with Crippen molar-refractivity contribution in [2.24, 2.45) is 0 Å². The van der Waals surface area contributed by atoms with E-state index in [0.29, 0.717) is 36.1 Å². The fourth-order valence-corrected chi connectivity index (χ4v) is 3.46. The highest BCUT2D eigenvalue weighted by Gasteiger charge is 2.34. The monoisotopic (exact) mass is 397 g/mol. The van der Waals surface area contributed by atoms with Gasteiger partial charge in [-0.3, -0.25) is 4.79 Å². The number of aryl methyl sites for hydroxylation is 2. The Morgan fingerprint density at radius 1 is 1.14 bits per heavy atom. The highest BCUT2D eigenvalue weighted by Crippen LogP contribution is 2.31. The number of methoxy groups -OCH3 is 1. The van der Waals surface area contributed by atoms with Gasteiger partial charge < -0.3 is 14.2 Å². The lowest BCUT2D eigenvalue weighted by atomic mass is 10.1. The summed E-state index contributed by atoms with van der Waals surface area (Å²) in [6.07, 6.45) is 1.83. The van der Waals surface area contributed by atoms with Crippen molar-refractivity contribution in [3.05, 3.63) is 70.8 Å². The van der Waals surface area contributed by atoms with Crippen LogP contribution >= 0.6 is 11.6 Å². The van der Waals surface area contributed by atoms with Crippen molar-refractivity contribution in [1.29, 1.82) is 0 Å². The van der Waals surface area contributed by atoms with E-state index >= 15 is 0 Å². The molecule has 1 saturated heterocycles. The zero-order chi connectivity index (χ0) is 19.5. The van der Waals surface area contributed by atoms with Gasteiger partial charge in [-0.25, -0.2) is 0 Å². The molecule has 2 aromatic carbocycles. The molecule has 0 aliphatic carbocycles. The van der Waals surface area contributed by atoms with E-state index in [4.69, 9.17) is 20.9 Å². The quantitative estimate of drug-likeness (QED) is 0.628. The van der Waals surface area contributed by atoms with Crippen LogP contribution in [0, 0.1) is 0 Å². The molecule has 0 bridgehead atoms. The number of carbonyl (C=O) groups is 1. The average molecular weight is 398 g/mol. The summed E-state index contributed by atoms with van der Waals surface area (Å²) in [5, 5.41) is 4.75. The third-order valence-corrected chi connectivity index (χ3v) is 5.15. The van der Waals surface area contributed by atoms with E-state index in [1.807, 2.05) is 36.4 Å². The standard InChI is InChI=1S/C21H20ClN3O3/c1-27-18-9-2-14(3-10-18)4-11-19-23-21(24-28-19)15-12-20(26)25(13-15)17-7-5-16(22)6-8-17/h2-3,5-10,15H,4,11-13H2,1H3/t15-/m1/s1. The molecule has 1 atom stereocenters. The molecule has 1 aliphatic rings. The predicted octanol–water partition coefficient (Wildman–Crippen LogP) is 4.04. The van der Waals surface area contributed by atoms with Gasteiger partial charge in [-0.1, -0.05) is 28.9 Å². The Bertz CT molecular complexity index is 954. The van der Waals surface area contributed by atoms with E-state index in [-0.39, 0.29) is 11.8 Å². The first-order chi connectivity index (χ1) is 13.6. The highest BCUT2D eigenvalue weighted by atomic mass is 35.5. The SMILES string of the molecule is COc1ccc(CCc2nc([C@@H]3CC(=O)N(c4ccc(Cl)cc4)C3)no2)cc1. The molecule has 3 aromatic rings. The average Bonchev–Trinajstić information content (AvgIpc) is 3.34. The van der Waals surface area contributed by atoms with Gasteiger partial charge in [0.2, 0.25) is 11.8 Å². The second-order valence-corrected chi connectivity index (χ2v) is 7.21. The smallest absolute Gasteiger partial charge is 0.227 e. The molecule has 1 fully saturated rings. The number of ether oxygens (including phenoxy) is 1. The normalized spacial score (nSPS) is 16.6. The van der Waals surface area contributed by atoms with Gasteiger partial charge in [0, 0.05) is 36.0 Å². The first kappa shape index (κ1) is 18.5.